The van der Waals surface area contributed by atoms with E-state index >= 15 is 0 Å². The molecule has 2 heterocycles. The minimum Gasteiger partial charge on any atom is -0.355 e. The Balaban J connectivity index is 1.79. The Kier molecular flexibility index (Phi) is 6.14. The van der Waals surface area contributed by atoms with E-state index < -0.39 is 0 Å². The molecule has 0 atom stereocenters. The molecule has 7 heteroatoms. The van der Waals surface area contributed by atoms with E-state index in [1.165, 1.54) is 16.9 Å². The number of fused-ring (bicyclic) bond motifs is 1. The van der Waals surface area contributed by atoms with Crippen LogP contribution in [-0.2, 0) is 4.79 Å². The van der Waals surface area contributed by atoms with Crippen LogP contribution in [-0.4, -0.2) is 48.2 Å². The first kappa shape index (κ1) is 19.1. The molecule has 26 heavy (non-hydrogen) atoms. The highest BCUT2D eigenvalue weighted by atomic mass is 35.5. The number of hydrogen-bond donors (Lipinski definition) is 1. The third kappa shape index (κ3) is 4.01. The maximum Gasteiger partial charge on any atom is 0.263 e. The maximum absolute atomic E-state index is 12.7. The van der Waals surface area contributed by atoms with Gasteiger partial charge in [0.1, 0.15) is 10.7 Å². The number of nitrogens with one attached hydrogen (secondary N) is 1. The normalized spacial score (nSPS) is 20.1. The zero-order valence-corrected chi connectivity index (χ0v) is 16.7. The highest BCUT2D eigenvalue weighted by Crippen LogP contribution is 2.43. The molecule has 1 saturated carbocycles. The number of nitrogens with zero attached hydrogens (tertiary/aromatic N) is 2. The first-order valence-corrected chi connectivity index (χ1v) is 10.3. The van der Waals surface area contributed by atoms with Gasteiger partial charge in [0.15, 0.2) is 0 Å². The van der Waals surface area contributed by atoms with Crippen LogP contribution in [0.25, 0.3) is 10.2 Å². The monoisotopic (exact) mass is 393 g/mol. The quantitative estimate of drug-likeness (QED) is 0.789. The van der Waals surface area contributed by atoms with Crippen molar-refractivity contribution in [3.05, 3.63) is 28.8 Å². The molecule has 0 unspecified atom stereocenters. The van der Waals surface area contributed by atoms with E-state index in [4.69, 9.17) is 11.6 Å². The average Bonchev–Trinajstić information content (AvgIpc) is 3.05. The number of halogens is 1. The highest BCUT2D eigenvalue weighted by molar-refractivity contribution is 7.20. The number of carbonyl (C=O) groups excluding carboxylic acids is 2. The van der Waals surface area contributed by atoms with Gasteiger partial charge in [-0.25, -0.2) is 4.98 Å². The number of alkyl halides is 1. The summed E-state index contributed by atoms with van der Waals surface area (Å²) in [6, 6.07) is 4.02. The summed E-state index contributed by atoms with van der Waals surface area (Å²) in [4.78, 5) is 31.9. The maximum atomic E-state index is 12.7. The fraction of sp³-hybridized carbons (Fsp3) is 0.526. The molecule has 1 fully saturated rings. The van der Waals surface area contributed by atoms with Crippen LogP contribution < -0.4 is 5.32 Å². The fourth-order valence-electron chi connectivity index (χ4n) is 3.68. The second kappa shape index (κ2) is 8.35. The van der Waals surface area contributed by atoms with Crippen LogP contribution in [0.1, 0.15) is 46.8 Å². The van der Waals surface area contributed by atoms with Crippen molar-refractivity contribution >= 4 is 45.0 Å². The lowest BCUT2D eigenvalue weighted by Crippen LogP contribution is -2.32. The molecule has 2 aromatic rings. The summed E-state index contributed by atoms with van der Waals surface area (Å²) in [7, 11) is 3.58. The Morgan fingerprint density at radius 2 is 2.04 bits per heavy atom. The van der Waals surface area contributed by atoms with E-state index in [1.807, 2.05) is 6.07 Å². The average molecular weight is 394 g/mol. The third-order valence-electron chi connectivity index (χ3n) is 5.07. The molecule has 140 valence electrons. The van der Waals surface area contributed by atoms with Crippen LogP contribution in [0.4, 0.5) is 0 Å². The van der Waals surface area contributed by atoms with Crippen molar-refractivity contribution in [3.8, 4) is 0 Å². The first-order valence-electron chi connectivity index (χ1n) is 8.93. The van der Waals surface area contributed by atoms with Crippen LogP contribution in [0.2, 0.25) is 0 Å². The molecule has 3 rings (SSSR count). The minimum atomic E-state index is -0.109. The number of rotatable bonds is 5. The zero-order valence-electron chi connectivity index (χ0n) is 15.1. The van der Waals surface area contributed by atoms with Crippen molar-refractivity contribution in [1.29, 1.82) is 0 Å². The smallest absolute Gasteiger partial charge is 0.263 e. The third-order valence-corrected chi connectivity index (χ3v) is 6.43. The van der Waals surface area contributed by atoms with Gasteiger partial charge in [0.05, 0.1) is 4.88 Å². The van der Waals surface area contributed by atoms with E-state index in [0.717, 1.165) is 40.8 Å². The van der Waals surface area contributed by atoms with Crippen LogP contribution >= 0.6 is 22.9 Å². The van der Waals surface area contributed by atoms with Crippen molar-refractivity contribution in [2.75, 3.05) is 26.5 Å². The van der Waals surface area contributed by atoms with Crippen molar-refractivity contribution < 1.29 is 9.59 Å². The first-order chi connectivity index (χ1) is 12.5. The molecule has 1 N–H and O–H groups in total. The summed E-state index contributed by atoms with van der Waals surface area (Å²) in [5, 5.41) is 4.00. The Morgan fingerprint density at radius 3 is 2.69 bits per heavy atom. The Bertz CT molecular complexity index is 797. The van der Waals surface area contributed by atoms with Crippen molar-refractivity contribution in [3.63, 3.8) is 0 Å². The second-order valence-electron chi connectivity index (χ2n) is 7.06. The molecule has 0 radical (unpaired) electrons. The van der Waals surface area contributed by atoms with Crippen LogP contribution in [0.15, 0.2) is 18.3 Å². The van der Waals surface area contributed by atoms with Gasteiger partial charge in [-0.1, -0.05) is 6.07 Å². The van der Waals surface area contributed by atoms with E-state index in [0.29, 0.717) is 18.4 Å². The van der Waals surface area contributed by atoms with Gasteiger partial charge in [-0.15, -0.1) is 22.9 Å². The van der Waals surface area contributed by atoms with E-state index in [9.17, 15) is 9.59 Å². The summed E-state index contributed by atoms with van der Waals surface area (Å²) in [5.74, 6) is 0.808. The number of carbonyl (C=O) groups is 2. The van der Waals surface area contributed by atoms with Gasteiger partial charge in [-0.2, -0.15) is 0 Å². The van der Waals surface area contributed by atoms with Crippen molar-refractivity contribution in [2.45, 2.75) is 31.6 Å². The van der Waals surface area contributed by atoms with E-state index in [1.54, 1.807) is 25.2 Å². The largest absolute Gasteiger partial charge is 0.355 e. The number of hydrogen-bond acceptors (Lipinski definition) is 4. The predicted molar refractivity (Wildman–Crippen MR) is 106 cm³/mol. The molecule has 0 saturated heterocycles. The number of pyridine rings is 1. The summed E-state index contributed by atoms with van der Waals surface area (Å²) >= 11 is 7.03. The SMILES string of the molecule is CN(C)C(=O)c1sc2ncccc2c1C1CCC(CNC(=O)CCl)CC1. The molecule has 1 aliphatic carbocycles. The Labute approximate surface area is 162 Å². The second-order valence-corrected chi connectivity index (χ2v) is 8.32. The number of thiophene rings is 1. The molecular formula is C19H24ClN3O2S. The lowest BCUT2D eigenvalue weighted by molar-refractivity contribution is -0.118. The highest BCUT2D eigenvalue weighted by Gasteiger charge is 2.30. The van der Waals surface area contributed by atoms with Gasteiger partial charge in [0.2, 0.25) is 5.91 Å². The fourth-order valence-corrected chi connectivity index (χ4v) is 5.02. The molecule has 0 aromatic carbocycles. The number of aromatic nitrogens is 1. The Morgan fingerprint density at radius 1 is 1.31 bits per heavy atom. The molecule has 2 amide bonds. The van der Waals surface area contributed by atoms with Gasteiger partial charge in [0, 0.05) is 32.2 Å². The molecular weight excluding hydrogens is 370 g/mol. The lowest BCUT2D eigenvalue weighted by Gasteiger charge is -2.29. The predicted octanol–water partition coefficient (Wildman–Crippen LogP) is 3.63. The van der Waals surface area contributed by atoms with Crippen molar-refractivity contribution in [2.24, 2.45) is 5.92 Å². The molecule has 0 aliphatic heterocycles. The lowest BCUT2D eigenvalue weighted by atomic mass is 9.78. The van der Waals surface area contributed by atoms with Crippen LogP contribution in [0.3, 0.4) is 0 Å². The van der Waals surface area contributed by atoms with Gasteiger partial charge in [-0.3, -0.25) is 9.59 Å². The topological polar surface area (TPSA) is 62.3 Å². The van der Waals surface area contributed by atoms with Gasteiger partial charge in [0.25, 0.3) is 5.91 Å². The molecule has 0 spiro atoms. The molecule has 2 aromatic heterocycles. The summed E-state index contributed by atoms with van der Waals surface area (Å²) in [6.07, 6.45) is 5.91. The van der Waals surface area contributed by atoms with Crippen LogP contribution in [0, 0.1) is 5.92 Å². The zero-order chi connectivity index (χ0) is 18.7. The minimum absolute atomic E-state index is 0.0131. The summed E-state index contributed by atoms with van der Waals surface area (Å²) in [5.41, 5.74) is 1.17. The van der Waals surface area contributed by atoms with Crippen molar-refractivity contribution in [1.82, 2.24) is 15.2 Å². The van der Waals surface area contributed by atoms with E-state index in [-0.39, 0.29) is 17.7 Å². The van der Waals surface area contributed by atoms with E-state index in [2.05, 4.69) is 16.4 Å². The van der Waals surface area contributed by atoms with Gasteiger partial charge >= 0.3 is 0 Å². The van der Waals surface area contributed by atoms with Crippen LogP contribution in [0.5, 0.6) is 0 Å². The molecule has 1 aliphatic rings. The summed E-state index contributed by atoms with van der Waals surface area (Å²) < 4.78 is 0. The van der Waals surface area contributed by atoms with Gasteiger partial charge < -0.3 is 10.2 Å². The standard InChI is InChI=1S/C19H24ClN3O2S/c1-23(2)19(25)17-16(14-4-3-9-21-18(14)26-17)13-7-5-12(6-8-13)11-22-15(24)10-20/h3-4,9,12-13H,5-8,10-11H2,1-2H3,(H,22,24). The molecule has 5 nitrogen and oxygen atoms in total. The Hall–Kier alpha value is -1.66. The van der Waals surface area contributed by atoms with Gasteiger partial charge in [-0.05, 0) is 49.1 Å². The summed E-state index contributed by atoms with van der Waals surface area (Å²) in [6.45, 7) is 0.688. The number of amides is 2. The molecule has 0 bridgehead atoms.